The van der Waals surface area contributed by atoms with Crippen LogP contribution in [0, 0.1) is 0 Å². The number of hydrogen-bond acceptors (Lipinski definition) is 3. The van der Waals surface area contributed by atoms with Gasteiger partial charge >= 0.3 is 5.97 Å². The summed E-state index contributed by atoms with van der Waals surface area (Å²) in [6, 6.07) is 12.4. The summed E-state index contributed by atoms with van der Waals surface area (Å²) in [5.74, 6) is 0.916. The Hall–Kier alpha value is -2.01. The van der Waals surface area contributed by atoms with Crippen molar-refractivity contribution in [3.8, 4) is 11.5 Å². The largest absolute Gasteiger partial charge is 0.490 e. The minimum absolute atomic E-state index is 0.239. The fourth-order valence-corrected chi connectivity index (χ4v) is 2.51. The zero-order chi connectivity index (χ0) is 16.8. The van der Waals surface area contributed by atoms with E-state index in [0.717, 1.165) is 10.2 Å². The summed E-state index contributed by atoms with van der Waals surface area (Å²) in [5, 5.41) is 8.83. The maximum Gasteiger partial charge on any atom is 0.335 e. The van der Waals surface area contributed by atoms with Crippen molar-refractivity contribution in [3.05, 3.63) is 58.1 Å². The van der Waals surface area contributed by atoms with Crippen LogP contribution in [-0.4, -0.2) is 24.3 Å². The molecule has 0 radical (unpaired) electrons. The molecule has 0 heterocycles. The number of hydrogen-bond donors (Lipinski definition) is 1. The third-order valence-electron chi connectivity index (χ3n) is 3.33. The van der Waals surface area contributed by atoms with Crippen LogP contribution in [0.15, 0.2) is 46.9 Å². The van der Waals surface area contributed by atoms with Crippen LogP contribution in [0.3, 0.4) is 0 Å². The van der Waals surface area contributed by atoms with Crippen LogP contribution in [0.5, 0.6) is 11.5 Å². The first-order valence-electron chi connectivity index (χ1n) is 7.36. The van der Waals surface area contributed by atoms with Crippen LogP contribution in [0.4, 0.5) is 0 Å². The number of benzene rings is 2. The number of aromatic carboxylic acids is 1. The summed E-state index contributed by atoms with van der Waals surface area (Å²) in [7, 11) is 0. The zero-order valence-corrected chi connectivity index (χ0v) is 14.7. The number of halogens is 1. The van der Waals surface area contributed by atoms with Gasteiger partial charge in [-0.15, -0.1) is 0 Å². The molecule has 0 fully saturated rings. The van der Waals surface area contributed by atoms with Gasteiger partial charge in [0.2, 0.25) is 0 Å². The summed E-state index contributed by atoms with van der Waals surface area (Å²) in [6.45, 7) is 5.07. The number of carboxylic acid groups (broad SMARTS) is 1. The van der Waals surface area contributed by atoms with Crippen molar-refractivity contribution < 1.29 is 19.4 Å². The Bertz CT molecular complexity index is 665. The lowest BCUT2D eigenvalue weighted by Gasteiger charge is -2.12. The van der Waals surface area contributed by atoms with E-state index in [0.29, 0.717) is 24.9 Å². The zero-order valence-electron chi connectivity index (χ0n) is 13.1. The molecular weight excluding hydrogens is 360 g/mol. The lowest BCUT2D eigenvalue weighted by atomic mass is 10.0. The van der Waals surface area contributed by atoms with Gasteiger partial charge in [-0.05, 0) is 63.8 Å². The van der Waals surface area contributed by atoms with Crippen LogP contribution in [-0.2, 0) is 0 Å². The molecule has 122 valence electrons. The fourth-order valence-electron chi connectivity index (χ4n) is 2.00. The fraction of sp³-hybridized carbons (Fsp3) is 0.278. The molecule has 0 bridgehead atoms. The van der Waals surface area contributed by atoms with Crippen LogP contribution < -0.4 is 9.47 Å². The first-order valence-corrected chi connectivity index (χ1v) is 8.15. The normalized spacial score (nSPS) is 10.6. The molecule has 4 nitrogen and oxygen atoms in total. The van der Waals surface area contributed by atoms with Crippen LogP contribution >= 0.6 is 15.9 Å². The lowest BCUT2D eigenvalue weighted by Crippen LogP contribution is -2.09. The van der Waals surface area contributed by atoms with Gasteiger partial charge in [-0.3, -0.25) is 0 Å². The molecule has 5 heteroatoms. The van der Waals surface area contributed by atoms with Gasteiger partial charge < -0.3 is 14.6 Å². The van der Waals surface area contributed by atoms with Gasteiger partial charge in [0.1, 0.15) is 24.7 Å². The summed E-state index contributed by atoms with van der Waals surface area (Å²) in [5.41, 5.74) is 1.49. The number of rotatable bonds is 7. The highest BCUT2D eigenvalue weighted by molar-refractivity contribution is 9.10. The van der Waals surface area contributed by atoms with Crippen molar-refractivity contribution in [3.63, 3.8) is 0 Å². The van der Waals surface area contributed by atoms with E-state index in [9.17, 15) is 4.79 Å². The van der Waals surface area contributed by atoms with Gasteiger partial charge in [0.25, 0.3) is 0 Å². The van der Waals surface area contributed by atoms with E-state index in [-0.39, 0.29) is 5.56 Å². The van der Waals surface area contributed by atoms with Crippen molar-refractivity contribution in [2.75, 3.05) is 13.2 Å². The molecule has 0 amide bonds. The highest BCUT2D eigenvalue weighted by Crippen LogP contribution is 2.28. The second-order valence-corrected chi connectivity index (χ2v) is 6.23. The lowest BCUT2D eigenvalue weighted by molar-refractivity contribution is 0.0697. The number of carbonyl (C=O) groups is 1. The maximum absolute atomic E-state index is 10.8. The maximum atomic E-state index is 10.8. The SMILES string of the molecule is CC(C)c1ccc(OCCOc2ccc(C(=O)O)cc2)c(Br)c1. The summed E-state index contributed by atoms with van der Waals surface area (Å²) < 4.78 is 12.1. The first-order chi connectivity index (χ1) is 11.0. The van der Waals surface area contributed by atoms with Gasteiger partial charge in [0.15, 0.2) is 0 Å². The second kappa shape index (κ2) is 8.02. The van der Waals surface area contributed by atoms with Crippen molar-refractivity contribution >= 4 is 21.9 Å². The van der Waals surface area contributed by atoms with Gasteiger partial charge in [-0.2, -0.15) is 0 Å². The molecule has 0 unspecified atom stereocenters. The van der Waals surface area contributed by atoms with Crippen LogP contribution in [0.1, 0.15) is 35.7 Å². The Morgan fingerprint density at radius 2 is 1.74 bits per heavy atom. The smallest absolute Gasteiger partial charge is 0.335 e. The Labute approximate surface area is 144 Å². The van der Waals surface area contributed by atoms with E-state index in [1.165, 1.54) is 17.7 Å². The molecule has 2 aromatic carbocycles. The highest BCUT2D eigenvalue weighted by Gasteiger charge is 2.06. The summed E-state index contributed by atoms with van der Waals surface area (Å²) in [4.78, 5) is 10.8. The molecule has 0 aliphatic rings. The molecule has 2 rings (SSSR count). The van der Waals surface area contributed by atoms with E-state index in [1.807, 2.05) is 6.07 Å². The van der Waals surface area contributed by atoms with Crippen molar-refractivity contribution in [2.24, 2.45) is 0 Å². The Balaban J connectivity index is 1.82. The minimum atomic E-state index is -0.949. The van der Waals surface area contributed by atoms with Gasteiger partial charge in [-0.1, -0.05) is 19.9 Å². The van der Waals surface area contributed by atoms with Crippen molar-refractivity contribution in [2.45, 2.75) is 19.8 Å². The van der Waals surface area contributed by atoms with Crippen molar-refractivity contribution in [1.29, 1.82) is 0 Å². The molecule has 0 spiro atoms. The van der Waals surface area contributed by atoms with Gasteiger partial charge in [-0.25, -0.2) is 4.79 Å². The average molecular weight is 379 g/mol. The Morgan fingerprint density at radius 1 is 1.09 bits per heavy atom. The molecule has 0 atom stereocenters. The molecule has 0 aliphatic heterocycles. The quantitative estimate of drug-likeness (QED) is 0.707. The van der Waals surface area contributed by atoms with E-state index in [2.05, 4.69) is 41.9 Å². The Kier molecular flexibility index (Phi) is 6.04. The van der Waals surface area contributed by atoms with Gasteiger partial charge in [0.05, 0.1) is 10.0 Å². The van der Waals surface area contributed by atoms with Crippen LogP contribution in [0.25, 0.3) is 0 Å². The summed E-state index contributed by atoms with van der Waals surface area (Å²) >= 11 is 3.51. The summed E-state index contributed by atoms with van der Waals surface area (Å²) in [6.07, 6.45) is 0. The second-order valence-electron chi connectivity index (χ2n) is 5.37. The first kappa shape index (κ1) is 17.3. The van der Waals surface area contributed by atoms with Gasteiger partial charge in [0, 0.05) is 0 Å². The Morgan fingerprint density at radius 3 is 2.30 bits per heavy atom. The third-order valence-corrected chi connectivity index (χ3v) is 3.95. The molecule has 0 aliphatic carbocycles. The highest BCUT2D eigenvalue weighted by atomic mass is 79.9. The predicted octanol–water partition coefficient (Wildman–Crippen LogP) is 4.73. The van der Waals surface area contributed by atoms with E-state index in [4.69, 9.17) is 14.6 Å². The van der Waals surface area contributed by atoms with E-state index < -0.39 is 5.97 Å². The molecule has 0 saturated carbocycles. The number of ether oxygens (including phenoxy) is 2. The molecule has 2 aromatic rings. The monoisotopic (exact) mass is 378 g/mol. The molecule has 1 N–H and O–H groups in total. The third kappa shape index (κ3) is 4.99. The molecule has 0 saturated heterocycles. The molecule has 0 aromatic heterocycles. The average Bonchev–Trinajstić information content (AvgIpc) is 2.53. The topological polar surface area (TPSA) is 55.8 Å². The molecular formula is C18H19BrO4. The minimum Gasteiger partial charge on any atom is -0.490 e. The predicted molar refractivity (Wildman–Crippen MR) is 92.6 cm³/mol. The van der Waals surface area contributed by atoms with Crippen LogP contribution in [0.2, 0.25) is 0 Å². The standard InChI is InChI=1S/C18H19BrO4/c1-12(2)14-5-8-17(16(19)11-14)23-10-9-22-15-6-3-13(4-7-15)18(20)21/h3-8,11-12H,9-10H2,1-2H3,(H,20,21). The van der Waals surface area contributed by atoms with Crippen molar-refractivity contribution in [1.82, 2.24) is 0 Å². The van der Waals surface area contributed by atoms with E-state index >= 15 is 0 Å². The molecule has 23 heavy (non-hydrogen) atoms. The van der Waals surface area contributed by atoms with E-state index in [1.54, 1.807) is 12.1 Å². The number of carboxylic acids is 1.